The summed E-state index contributed by atoms with van der Waals surface area (Å²) in [5.41, 5.74) is -0.0112. The Morgan fingerprint density at radius 2 is 2.16 bits per heavy atom. The number of carbonyl (C=O) groups is 1. The number of halogens is 2. The highest BCUT2D eigenvalue weighted by atomic mass is 19.3. The SMILES string of the molecule is N#CCCc1cccc(C(O)C(=O)O)c1OC(F)F. The maximum atomic E-state index is 12.4. The number of aryl methyl sites for hydroxylation is 1. The van der Waals surface area contributed by atoms with Crippen molar-refractivity contribution in [2.24, 2.45) is 0 Å². The van der Waals surface area contributed by atoms with Gasteiger partial charge in [-0.05, 0) is 12.0 Å². The van der Waals surface area contributed by atoms with E-state index in [0.717, 1.165) is 0 Å². The van der Waals surface area contributed by atoms with Gasteiger partial charge in [-0.15, -0.1) is 0 Å². The molecular weight excluding hydrogens is 260 g/mol. The van der Waals surface area contributed by atoms with E-state index in [9.17, 15) is 18.7 Å². The summed E-state index contributed by atoms with van der Waals surface area (Å²) in [7, 11) is 0. The van der Waals surface area contributed by atoms with Crippen LogP contribution in [0.3, 0.4) is 0 Å². The molecule has 2 N–H and O–H groups in total. The van der Waals surface area contributed by atoms with Crippen LogP contribution < -0.4 is 4.74 Å². The molecule has 102 valence electrons. The van der Waals surface area contributed by atoms with Crippen LogP contribution in [0.4, 0.5) is 8.78 Å². The number of aliphatic carboxylic acids is 1. The first-order valence-electron chi connectivity index (χ1n) is 5.31. The summed E-state index contributed by atoms with van der Waals surface area (Å²) in [5.74, 6) is -1.96. The molecule has 0 spiro atoms. The molecule has 0 saturated carbocycles. The Labute approximate surface area is 107 Å². The van der Waals surface area contributed by atoms with E-state index >= 15 is 0 Å². The van der Waals surface area contributed by atoms with Gasteiger partial charge in [0.05, 0.1) is 6.07 Å². The number of nitriles is 1. The minimum atomic E-state index is -3.15. The second-order valence-electron chi connectivity index (χ2n) is 3.61. The van der Waals surface area contributed by atoms with Crippen molar-refractivity contribution in [2.75, 3.05) is 0 Å². The summed E-state index contributed by atoms with van der Waals surface area (Å²) in [6.45, 7) is -3.15. The van der Waals surface area contributed by atoms with Gasteiger partial charge in [0.25, 0.3) is 0 Å². The highest BCUT2D eigenvalue weighted by molar-refractivity contribution is 5.75. The van der Waals surface area contributed by atoms with Gasteiger partial charge in [-0.2, -0.15) is 14.0 Å². The highest BCUT2D eigenvalue weighted by Gasteiger charge is 2.24. The molecule has 19 heavy (non-hydrogen) atoms. The summed E-state index contributed by atoms with van der Waals surface area (Å²) >= 11 is 0. The molecule has 5 nitrogen and oxygen atoms in total. The predicted molar refractivity (Wildman–Crippen MR) is 59.6 cm³/mol. The average Bonchev–Trinajstić information content (AvgIpc) is 2.35. The van der Waals surface area contributed by atoms with Crippen LogP contribution in [0.1, 0.15) is 23.7 Å². The molecule has 1 aromatic carbocycles. The van der Waals surface area contributed by atoms with Crippen LogP contribution in [0.25, 0.3) is 0 Å². The van der Waals surface area contributed by atoms with E-state index in [2.05, 4.69) is 4.74 Å². The molecule has 0 aliphatic rings. The number of rotatable bonds is 6. The van der Waals surface area contributed by atoms with Gasteiger partial charge in [0.2, 0.25) is 0 Å². The topological polar surface area (TPSA) is 90.5 Å². The Morgan fingerprint density at radius 1 is 1.47 bits per heavy atom. The van der Waals surface area contributed by atoms with Crippen molar-refractivity contribution in [3.63, 3.8) is 0 Å². The largest absolute Gasteiger partial charge is 0.479 e. The third-order valence-corrected chi connectivity index (χ3v) is 2.37. The molecule has 0 aromatic heterocycles. The minimum absolute atomic E-state index is 0.0617. The number of carboxylic acids is 1. The summed E-state index contributed by atoms with van der Waals surface area (Å²) in [5, 5.41) is 26.7. The zero-order valence-electron chi connectivity index (χ0n) is 9.72. The lowest BCUT2D eigenvalue weighted by Gasteiger charge is -2.16. The molecule has 1 rings (SSSR count). The molecule has 0 amide bonds. The minimum Gasteiger partial charge on any atom is -0.479 e. The van der Waals surface area contributed by atoms with Crippen LogP contribution in [-0.2, 0) is 11.2 Å². The van der Waals surface area contributed by atoms with Crippen LogP contribution >= 0.6 is 0 Å². The Bertz CT molecular complexity index is 499. The smallest absolute Gasteiger partial charge is 0.387 e. The monoisotopic (exact) mass is 271 g/mol. The van der Waals surface area contributed by atoms with Crippen LogP contribution in [0.5, 0.6) is 5.75 Å². The number of carboxylic acid groups (broad SMARTS) is 1. The van der Waals surface area contributed by atoms with Gasteiger partial charge in [-0.25, -0.2) is 4.79 Å². The Morgan fingerprint density at radius 3 is 2.68 bits per heavy atom. The Balaban J connectivity index is 3.21. The second kappa shape index (κ2) is 6.66. The third kappa shape index (κ3) is 3.89. The standard InChI is InChI=1S/C12H11F2NO4/c13-12(14)19-10-7(4-2-6-15)3-1-5-8(10)9(16)11(17)18/h1,3,5,9,12,16H,2,4H2,(H,17,18). The average molecular weight is 271 g/mol. The first-order valence-corrected chi connectivity index (χ1v) is 5.31. The zero-order chi connectivity index (χ0) is 14.4. The lowest BCUT2D eigenvalue weighted by molar-refractivity contribution is -0.147. The molecule has 1 atom stereocenters. The normalized spacial score (nSPS) is 11.9. The van der Waals surface area contributed by atoms with Crippen LogP contribution in [0.2, 0.25) is 0 Å². The Kier molecular flexibility index (Phi) is 5.21. The van der Waals surface area contributed by atoms with Crippen LogP contribution in [-0.4, -0.2) is 22.8 Å². The second-order valence-corrected chi connectivity index (χ2v) is 3.61. The number of alkyl halides is 2. The molecule has 0 aliphatic carbocycles. The number of hydrogen-bond acceptors (Lipinski definition) is 4. The lowest BCUT2D eigenvalue weighted by Crippen LogP contribution is -2.15. The Hall–Kier alpha value is -2.20. The van der Waals surface area contributed by atoms with E-state index in [0.29, 0.717) is 0 Å². The number of aliphatic hydroxyl groups is 1. The molecule has 0 saturated heterocycles. The van der Waals surface area contributed by atoms with Gasteiger partial charge < -0.3 is 14.9 Å². The lowest BCUT2D eigenvalue weighted by atomic mass is 10.0. The summed E-state index contributed by atoms with van der Waals surface area (Å²) in [4.78, 5) is 10.7. The van der Waals surface area contributed by atoms with Crippen LogP contribution in [0, 0.1) is 11.3 Å². The van der Waals surface area contributed by atoms with Crippen molar-refractivity contribution in [2.45, 2.75) is 25.6 Å². The number of nitrogens with zero attached hydrogens (tertiary/aromatic N) is 1. The molecule has 1 aromatic rings. The van der Waals surface area contributed by atoms with E-state index < -0.39 is 18.7 Å². The van der Waals surface area contributed by atoms with Crippen LogP contribution in [0.15, 0.2) is 18.2 Å². The third-order valence-electron chi connectivity index (χ3n) is 2.37. The fourth-order valence-corrected chi connectivity index (χ4v) is 1.57. The van der Waals surface area contributed by atoms with Gasteiger partial charge >= 0.3 is 12.6 Å². The number of ether oxygens (including phenoxy) is 1. The molecule has 1 unspecified atom stereocenters. The fourth-order valence-electron chi connectivity index (χ4n) is 1.57. The van der Waals surface area contributed by atoms with Crippen molar-refractivity contribution in [1.82, 2.24) is 0 Å². The molecular formula is C12H11F2NO4. The van der Waals surface area contributed by atoms with E-state index in [4.69, 9.17) is 10.4 Å². The molecule has 0 fully saturated rings. The maximum Gasteiger partial charge on any atom is 0.387 e. The summed E-state index contributed by atoms with van der Waals surface area (Å²) in [6, 6.07) is 5.88. The van der Waals surface area contributed by atoms with Gasteiger partial charge in [-0.1, -0.05) is 18.2 Å². The van der Waals surface area contributed by atoms with Crippen molar-refractivity contribution >= 4 is 5.97 Å². The van der Waals surface area contributed by atoms with E-state index in [-0.39, 0.29) is 29.7 Å². The van der Waals surface area contributed by atoms with Gasteiger partial charge in [0, 0.05) is 12.0 Å². The first kappa shape index (κ1) is 14.9. The van der Waals surface area contributed by atoms with E-state index in [1.165, 1.54) is 18.2 Å². The molecule has 0 bridgehead atoms. The number of benzene rings is 1. The summed E-state index contributed by atoms with van der Waals surface area (Å²) in [6.07, 6.45) is -1.78. The number of para-hydroxylation sites is 1. The highest BCUT2D eigenvalue weighted by Crippen LogP contribution is 2.31. The van der Waals surface area contributed by atoms with Gasteiger partial charge in [-0.3, -0.25) is 0 Å². The predicted octanol–water partition coefficient (Wildman–Crippen LogP) is 1.86. The fraction of sp³-hybridized carbons (Fsp3) is 0.333. The summed E-state index contributed by atoms with van der Waals surface area (Å²) < 4.78 is 29.0. The van der Waals surface area contributed by atoms with Gasteiger partial charge in [0.1, 0.15) is 5.75 Å². The van der Waals surface area contributed by atoms with E-state index in [1.807, 2.05) is 6.07 Å². The van der Waals surface area contributed by atoms with E-state index in [1.54, 1.807) is 0 Å². The van der Waals surface area contributed by atoms with Crippen molar-refractivity contribution in [3.8, 4) is 11.8 Å². The zero-order valence-corrected chi connectivity index (χ0v) is 9.72. The maximum absolute atomic E-state index is 12.4. The molecule has 0 heterocycles. The van der Waals surface area contributed by atoms with Crippen molar-refractivity contribution < 1.29 is 28.5 Å². The molecule has 0 radical (unpaired) electrons. The first-order chi connectivity index (χ1) is 8.97. The number of aliphatic hydroxyl groups excluding tert-OH is 1. The molecule has 7 heteroatoms. The molecule has 0 aliphatic heterocycles. The van der Waals surface area contributed by atoms with Crippen molar-refractivity contribution in [1.29, 1.82) is 5.26 Å². The van der Waals surface area contributed by atoms with Gasteiger partial charge in [0.15, 0.2) is 6.10 Å². The number of hydrogen-bond donors (Lipinski definition) is 2. The van der Waals surface area contributed by atoms with Crippen molar-refractivity contribution in [3.05, 3.63) is 29.3 Å². The quantitative estimate of drug-likeness (QED) is 0.824.